The summed E-state index contributed by atoms with van der Waals surface area (Å²) < 4.78 is 35.3. The van der Waals surface area contributed by atoms with Gasteiger partial charge >= 0.3 is 0 Å². The van der Waals surface area contributed by atoms with Crippen LogP contribution in [0.1, 0.15) is 30.5 Å². The summed E-state index contributed by atoms with van der Waals surface area (Å²) in [7, 11) is -0.392. The van der Waals surface area contributed by atoms with Gasteiger partial charge in [0.1, 0.15) is 11.5 Å². The van der Waals surface area contributed by atoms with Crippen LogP contribution in [0.3, 0.4) is 0 Å². The molecule has 0 aliphatic rings. The Morgan fingerprint density at radius 3 is 2.33 bits per heavy atom. The van der Waals surface area contributed by atoms with Gasteiger partial charge in [0.25, 0.3) is 0 Å². The average molecular weight is 391 g/mol. The maximum Gasteiger partial charge on any atom is 0.221 e. The minimum absolute atomic E-state index is 0.118. The fraction of sp³-hybridized carbons (Fsp3) is 0.350. The van der Waals surface area contributed by atoms with Crippen LogP contribution in [0.25, 0.3) is 0 Å². The topological polar surface area (TPSA) is 81.7 Å². The molecule has 6 nitrogen and oxygen atoms in total. The van der Waals surface area contributed by atoms with Crippen molar-refractivity contribution < 1.29 is 22.7 Å². The quantitative estimate of drug-likeness (QED) is 0.748. The zero-order valence-electron chi connectivity index (χ0n) is 16.0. The molecule has 0 saturated heterocycles. The predicted octanol–water partition coefficient (Wildman–Crippen LogP) is 3.05. The summed E-state index contributed by atoms with van der Waals surface area (Å²) in [5, 5.41) is 2.82. The van der Waals surface area contributed by atoms with Gasteiger partial charge in [-0.1, -0.05) is 17.7 Å². The van der Waals surface area contributed by atoms with E-state index in [9.17, 15) is 13.2 Å². The number of amides is 1. The summed E-state index contributed by atoms with van der Waals surface area (Å²) in [5.41, 5.74) is 1.74. The molecule has 0 aliphatic heterocycles. The van der Waals surface area contributed by atoms with Gasteiger partial charge < -0.3 is 14.8 Å². The second-order valence-corrected chi connectivity index (χ2v) is 8.39. The van der Waals surface area contributed by atoms with E-state index in [0.29, 0.717) is 11.5 Å². The number of hydrogen-bond donors (Lipinski definition) is 1. The number of hydrogen-bond acceptors (Lipinski definition) is 5. The van der Waals surface area contributed by atoms with Gasteiger partial charge in [-0.3, -0.25) is 4.79 Å². The highest BCUT2D eigenvalue weighted by atomic mass is 32.2. The van der Waals surface area contributed by atoms with E-state index in [1.807, 2.05) is 13.8 Å². The number of rotatable bonds is 8. The molecular formula is C20H25NO5S. The molecule has 146 valence electrons. The lowest BCUT2D eigenvalue weighted by Crippen LogP contribution is -2.28. The van der Waals surface area contributed by atoms with Crippen LogP contribution >= 0.6 is 0 Å². The molecule has 2 aromatic carbocycles. The van der Waals surface area contributed by atoms with Crippen LogP contribution in [0.4, 0.5) is 0 Å². The van der Waals surface area contributed by atoms with Gasteiger partial charge in [-0.05, 0) is 44.2 Å². The molecule has 7 heteroatoms. The van der Waals surface area contributed by atoms with Crippen LogP contribution in [0.5, 0.6) is 11.5 Å². The molecule has 1 N–H and O–H groups in total. The minimum atomic E-state index is -3.50. The Hall–Kier alpha value is -2.54. The first-order chi connectivity index (χ1) is 12.8. The Balaban J connectivity index is 2.02. The van der Waals surface area contributed by atoms with E-state index in [1.165, 1.54) is 0 Å². The lowest BCUT2D eigenvalue weighted by atomic mass is 10.1. The Bertz CT molecular complexity index is 891. The predicted molar refractivity (Wildman–Crippen MR) is 104 cm³/mol. The maximum absolute atomic E-state index is 12.4. The van der Waals surface area contributed by atoms with Crippen LogP contribution in [-0.4, -0.2) is 34.3 Å². The number of carbonyl (C=O) groups is 1. The normalized spacial score (nSPS) is 12.3. The van der Waals surface area contributed by atoms with Gasteiger partial charge in [0, 0.05) is 12.0 Å². The monoisotopic (exact) mass is 391 g/mol. The fourth-order valence-corrected chi connectivity index (χ4v) is 3.90. The molecule has 0 aliphatic carbocycles. The first-order valence-electron chi connectivity index (χ1n) is 8.57. The molecule has 0 spiro atoms. The molecule has 0 saturated carbocycles. The molecule has 1 amide bonds. The zero-order chi connectivity index (χ0) is 20.0. The molecule has 0 aromatic heterocycles. The average Bonchev–Trinajstić information content (AvgIpc) is 2.66. The molecule has 0 heterocycles. The molecule has 1 atom stereocenters. The van der Waals surface area contributed by atoms with E-state index in [1.54, 1.807) is 56.7 Å². The van der Waals surface area contributed by atoms with E-state index in [0.717, 1.165) is 11.1 Å². The third kappa shape index (κ3) is 5.47. The summed E-state index contributed by atoms with van der Waals surface area (Å²) in [4.78, 5) is 12.5. The van der Waals surface area contributed by atoms with E-state index in [2.05, 4.69) is 5.32 Å². The maximum atomic E-state index is 12.4. The van der Waals surface area contributed by atoms with Gasteiger partial charge in [0.15, 0.2) is 9.84 Å². The minimum Gasteiger partial charge on any atom is -0.497 e. The van der Waals surface area contributed by atoms with Crippen LogP contribution in [-0.2, 0) is 14.6 Å². The molecule has 27 heavy (non-hydrogen) atoms. The van der Waals surface area contributed by atoms with E-state index in [-0.39, 0.29) is 29.0 Å². The molecular weight excluding hydrogens is 366 g/mol. The van der Waals surface area contributed by atoms with E-state index >= 15 is 0 Å². The van der Waals surface area contributed by atoms with Crippen LogP contribution in [0.2, 0.25) is 0 Å². The van der Waals surface area contributed by atoms with Crippen molar-refractivity contribution in [3.05, 3.63) is 53.6 Å². The third-order valence-corrected chi connectivity index (χ3v) is 5.99. The SMILES string of the molecule is COc1ccc(OC)c([C@H](C)NC(=O)CCS(=O)(=O)c2ccc(C)cc2)c1. The Morgan fingerprint density at radius 2 is 1.74 bits per heavy atom. The molecule has 2 rings (SSSR count). The second kappa shape index (κ2) is 8.90. The summed E-state index contributed by atoms with van der Waals surface area (Å²) in [6, 6.07) is 11.6. The Labute approximate surface area is 160 Å². The standard InChI is InChI=1S/C20H25NO5S/c1-14-5-8-17(9-6-14)27(23,24)12-11-20(22)21-15(2)18-13-16(25-3)7-10-19(18)26-4/h5-10,13,15H,11-12H2,1-4H3,(H,21,22)/t15-/m0/s1. The summed E-state index contributed by atoms with van der Waals surface area (Å²) in [6.07, 6.45) is -0.118. The third-order valence-electron chi connectivity index (χ3n) is 4.26. The van der Waals surface area contributed by atoms with Gasteiger partial charge in [0.2, 0.25) is 5.91 Å². The fourth-order valence-electron chi connectivity index (χ4n) is 2.66. The Kier molecular flexibility index (Phi) is 6.85. The highest BCUT2D eigenvalue weighted by Gasteiger charge is 2.19. The van der Waals surface area contributed by atoms with Crippen LogP contribution in [0.15, 0.2) is 47.4 Å². The van der Waals surface area contributed by atoms with Crippen molar-refractivity contribution in [3.63, 3.8) is 0 Å². The van der Waals surface area contributed by atoms with Crippen molar-refractivity contribution in [3.8, 4) is 11.5 Å². The number of ether oxygens (including phenoxy) is 2. The molecule has 2 aromatic rings. The number of aryl methyl sites for hydroxylation is 1. The van der Waals surface area contributed by atoms with Crippen molar-refractivity contribution in [2.45, 2.75) is 31.2 Å². The second-order valence-electron chi connectivity index (χ2n) is 6.28. The zero-order valence-corrected chi connectivity index (χ0v) is 16.8. The van der Waals surface area contributed by atoms with Crippen LogP contribution < -0.4 is 14.8 Å². The largest absolute Gasteiger partial charge is 0.497 e. The molecule has 0 bridgehead atoms. The van der Waals surface area contributed by atoms with Crippen LogP contribution in [0, 0.1) is 6.92 Å². The first-order valence-corrected chi connectivity index (χ1v) is 10.2. The van der Waals surface area contributed by atoms with Crippen molar-refractivity contribution in [1.82, 2.24) is 5.32 Å². The summed E-state index contributed by atoms with van der Waals surface area (Å²) in [6.45, 7) is 3.70. The Morgan fingerprint density at radius 1 is 1.07 bits per heavy atom. The summed E-state index contributed by atoms with van der Waals surface area (Å²) >= 11 is 0. The summed E-state index contributed by atoms with van der Waals surface area (Å²) in [5.74, 6) is 0.678. The van der Waals surface area contributed by atoms with Crippen molar-refractivity contribution in [1.29, 1.82) is 0 Å². The van der Waals surface area contributed by atoms with Gasteiger partial charge in [-0.25, -0.2) is 8.42 Å². The number of nitrogens with one attached hydrogen (secondary N) is 1. The lowest BCUT2D eigenvalue weighted by Gasteiger charge is -2.18. The highest BCUT2D eigenvalue weighted by Crippen LogP contribution is 2.29. The lowest BCUT2D eigenvalue weighted by molar-refractivity contribution is -0.121. The molecule has 0 fully saturated rings. The van der Waals surface area contributed by atoms with E-state index < -0.39 is 9.84 Å². The van der Waals surface area contributed by atoms with Gasteiger partial charge in [0.05, 0.1) is 30.9 Å². The smallest absolute Gasteiger partial charge is 0.221 e. The van der Waals surface area contributed by atoms with E-state index in [4.69, 9.17) is 9.47 Å². The van der Waals surface area contributed by atoms with Crippen molar-refractivity contribution >= 4 is 15.7 Å². The first kappa shape index (κ1) is 20.8. The molecule has 0 unspecified atom stereocenters. The number of benzene rings is 2. The number of methoxy groups -OCH3 is 2. The van der Waals surface area contributed by atoms with Gasteiger partial charge in [-0.2, -0.15) is 0 Å². The van der Waals surface area contributed by atoms with Crippen molar-refractivity contribution in [2.75, 3.05) is 20.0 Å². The number of sulfone groups is 1. The van der Waals surface area contributed by atoms with Gasteiger partial charge in [-0.15, -0.1) is 0 Å². The number of carbonyl (C=O) groups excluding carboxylic acids is 1. The molecule has 0 radical (unpaired) electrons. The van der Waals surface area contributed by atoms with Crippen molar-refractivity contribution in [2.24, 2.45) is 0 Å². The highest BCUT2D eigenvalue weighted by molar-refractivity contribution is 7.91.